The van der Waals surface area contributed by atoms with Crippen LogP contribution >= 0.6 is 11.3 Å². The van der Waals surface area contributed by atoms with Gasteiger partial charge >= 0.3 is 0 Å². The maximum Gasteiger partial charge on any atom is 0.128 e. The van der Waals surface area contributed by atoms with Gasteiger partial charge in [0.05, 0.1) is 12.8 Å². The fourth-order valence-corrected chi connectivity index (χ4v) is 3.56. The quantitative estimate of drug-likeness (QED) is 0.913. The molecule has 110 valence electrons. The van der Waals surface area contributed by atoms with Crippen LogP contribution in [0, 0.1) is 6.92 Å². The van der Waals surface area contributed by atoms with Crippen molar-refractivity contribution in [3.8, 4) is 5.75 Å². The van der Waals surface area contributed by atoms with E-state index in [4.69, 9.17) is 9.72 Å². The molecule has 1 aromatic carbocycles. The van der Waals surface area contributed by atoms with Gasteiger partial charge in [-0.3, -0.25) is 0 Å². The smallest absolute Gasteiger partial charge is 0.128 e. The summed E-state index contributed by atoms with van der Waals surface area (Å²) in [7, 11) is 1.72. The normalized spacial score (nSPS) is 14.6. The minimum atomic E-state index is 0.935. The van der Waals surface area contributed by atoms with Gasteiger partial charge < -0.3 is 10.1 Å². The Hall–Kier alpha value is -1.81. The van der Waals surface area contributed by atoms with E-state index in [9.17, 15) is 0 Å². The van der Waals surface area contributed by atoms with Crippen molar-refractivity contribution >= 4 is 28.5 Å². The number of methoxy groups -OCH3 is 1. The zero-order chi connectivity index (χ0) is 14.7. The molecule has 0 radical (unpaired) electrons. The van der Waals surface area contributed by atoms with E-state index in [1.165, 1.54) is 23.5 Å². The van der Waals surface area contributed by atoms with E-state index in [0.717, 1.165) is 34.8 Å². The number of hydrogen-bond donors (Lipinski definition) is 1. The van der Waals surface area contributed by atoms with E-state index < -0.39 is 0 Å². The summed E-state index contributed by atoms with van der Waals surface area (Å²) >= 11 is 1.74. The molecule has 1 aromatic heterocycles. The topological polar surface area (TPSA) is 34.1 Å². The number of benzene rings is 1. The second kappa shape index (κ2) is 6.31. The molecule has 0 amide bonds. The minimum absolute atomic E-state index is 0.935. The third kappa shape index (κ3) is 3.10. The number of thiazole rings is 1. The van der Waals surface area contributed by atoms with Crippen LogP contribution in [0.4, 0.5) is 5.00 Å². The third-order valence-corrected chi connectivity index (χ3v) is 4.71. The van der Waals surface area contributed by atoms with Crippen molar-refractivity contribution in [2.24, 2.45) is 0 Å². The first-order chi connectivity index (χ1) is 10.3. The van der Waals surface area contributed by atoms with Crippen molar-refractivity contribution in [2.45, 2.75) is 26.2 Å². The Balaban J connectivity index is 1.85. The van der Waals surface area contributed by atoms with Gasteiger partial charge in [0.1, 0.15) is 15.8 Å². The van der Waals surface area contributed by atoms with Crippen LogP contribution in [-0.4, -0.2) is 18.6 Å². The van der Waals surface area contributed by atoms with Gasteiger partial charge in [0, 0.05) is 12.1 Å². The molecule has 1 aliphatic rings. The summed E-state index contributed by atoms with van der Waals surface area (Å²) in [5.74, 6) is 0.935. The van der Waals surface area contributed by atoms with Crippen molar-refractivity contribution in [3.63, 3.8) is 0 Å². The van der Waals surface area contributed by atoms with Gasteiger partial charge in [-0.1, -0.05) is 29.5 Å². The second-order valence-corrected chi connectivity index (χ2v) is 6.27. The number of nitrogens with one attached hydrogen (secondary N) is 1. The Morgan fingerprint density at radius 1 is 1.29 bits per heavy atom. The molecule has 0 unspecified atom stereocenters. The summed E-state index contributed by atoms with van der Waals surface area (Å²) in [4.78, 5) is 4.73. The highest BCUT2D eigenvalue weighted by atomic mass is 32.1. The van der Waals surface area contributed by atoms with E-state index in [0.29, 0.717) is 0 Å². The van der Waals surface area contributed by atoms with Crippen molar-refractivity contribution in [3.05, 3.63) is 40.0 Å². The molecule has 1 aliphatic heterocycles. The van der Waals surface area contributed by atoms with Crippen LogP contribution in [0.3, 0.4) is 0 Å². The molecule has 0 spiro atoms. The second-order valence-electron chi connectivity index (χ2n) is 5.24. The van der Waals surface area contributed by atoms with Crippen LogP contribution in [0.5, 0.6) is 5.75 Å². The summed E-state index contributed by atoms with van der Waals surface area (Å²) in [6.45, 7) is 3.12. The number of anilines is 1. The van der Waals surface area contributed by atoms with E-state index in [2.05, 4.69) is 42.6 Å². The zero-order valence-corrected chi connectivity index (χ0v) is 13.3. The molecular formula is C17H20N2OS. The minimum Gasteiger partial charge on any atom is -0.496 e. The molecule has 0 fully saturated rings. The Kier molecular flexibility index (Phi) is 4.25. The molecule has 0 atom stereocenters. The lowest BCUT2D eigenvalue weighted by atomic mass is 10.1. The highest BCUT2D eigenvalue weighted by molar-refractivity contribution is 7.16. The van der Waals surface area contributed by atoms with Crippen LogP contribution in [0.1, 0.15) is 34.7 Å². The van der Waals surface area contributed by atoms with E-state index in [1.807, 2.05) is 0 Å². The molecule has 3 rings (SSSR count). The summed E-state index contributed by atoms with van der Waals surface area (Å²) in [5, 5.41) is 5.77. The van der Waals surface area contributed by atoms with Crippen LogP contribution in [0.2, 0.25) is 0 Å². The lowest BCUT2D eigenvalue weighted by Gasteiger charge is -2.07. The van der Waals surface area contributed by atoms with Gasteiger partial charge in [-0.05, 0) is 43.9 Å². The number of rotatable bonds is 3. The van der Waals surface area contributed by atoms with Crippen LogP contribution in [0.25, 0.3) is 12.2 Å². The highest BCUT2D eigenvalue weighted by Crippen LogP contribution is 2.30. The lowest BCUT2D eigenvalue weighted by Crippen LogP contribution is -1.96. The molecule has 0 aliphatic carbocycles. The van der Waals surface area contributed by atoms with Gasteiger partial charge in [0.15, 0.2) is 0 Å². The number of hydrogen-bond acceptors (Lipinski definition) is 4. The molecule has 2 heterocycles. The maximum atomic E-state index is 5.48. The van der Waals surface area contributed by atoms with Crippen LogP contribution in [0.15, 0.2) is 18.2 Å². The fraction of sp³-hybridized carbons (Fsp3) is 0.353. The Morgan fingerprint density at radius 3 is 3.05 bits per heavy atom. The number of aryl methyl sites for hydroxylation is 2. The van der Waals surface area contributed by atoms with Crippen molar-refractivity contribution in [1.82, 2.24) is 4.98 Å². The predicted octanol–water partition coefficient (Wildman–Crippen LogP) is 4.38. The highest BCUT2D eigenvalue weighted by Gasteiger charge is 2.12. The number of aromatic nitrogens is 1. The SMILES string of the molecule is COc1c(C)cccc1/C=C/c1nc2c(s1)NCCCC2. The number of para-hydroxylation sites is 1. The lowest BCUT2D eigenvalue weighted by molar-refractivity contribution is 0.411. The van der Waals surface area contributed by atoms with Gasteiger partial charge in [0.25, 0.3) is 0 Å². The summed E-state index contributed by atoms with van der Waals surface area (Å²) in [5.41, 5.74) is 3.46. The van der Waals surface area contributed by atoms with Gasteiger partial charge in [0.2, 0.25) is 0 Å². The number of fused-ring (bicyclic) bond motifs is 1. The summed E-state index contributed by atoms with van der Waals surface area (Å²) < 4.78 is 5.48. The average molecular weight is 300 g/mol. The van der Waals surface area contributed by atoms with Crippen molar-refractivity contribution in [2.75, 3.05) is 19.0 Å². The monoisotopic (exact) mass is 300 g/mol. The van der Waals surface area contributed by atoms with Crippen LogP contribution < -0.4 is 10.1 Å². The first kappa shape index (κ1) is 14.1. The van der Waals surface area contributed by atoms with Crippen LogP contribution in [-0.2, 0) is 6.42 Å². The summed E-state index contributed by atoms with van der Waals surface area (Å²) in [6.07, 6.45) is 7.70. The Bertz CT molecular complexity index is 637. The fourth-order valence-electron chi connectivity index (χ4n) is 2.61. The summed E-state index contributed by atoms with van der Waals surface area (Å²) in [6, 6.07) is 6.18. The van der Waals surface area contributed by atoms with E-state index in [1.54, 1.807) is 18.4 Å². The van der Waals surface area contributed by atoms with Gasteiger partial charge in [-0.15, -0.1) is 0 Å². The molecule has 0 saturated heterocycles. The Labute approximate surface area is 129 Å². The number of nitrogens with zero attached hydrogens (tertiary/aromatic N) is 1. The maximum absolute atomic E-state index is 5.48. The first-order valence-corrected chi connectivity index (χ1v) is 8.15. The number of ether oxygens (including phenoxy) is 1. The molecule has 2 aromatic rings. The average Bonchev–Trinajstić information content (AvgIpc) is 2.75. The molecule has 0 saturated carbocycles. The molecule has 0 bridgehead atoms. The first-order valence-electron chi connectivity index (χ1n) is 7.33. The van der Waals surface area contributed by atoms with Gasteiger partial charge in [-0.25, -0.2) is 4.98 Å². The molecule has 21 heavy (non-hydrogen) atoms. The molecular weight excluding hydrogens is 280 g/mol. The molecule has 1 N–H and O–H groups in total. The van der Waals surface area contributed by atoms with Gasteiger partial charge in [-0.2, -0.15) is 0 Å². The standard InChI is InChI=1S/C17H20N2OS/c1-12-6-5-7-13(16(12)20-2)9-10-15-19-14-8-3-4-11-18-17(14)21-15/h5-7,9-10,18H,3-4,8,11H2,1-2H3/b10-9+. The largest absolute Gasteiger partial charge is 0.496 e. The van der Waals surface area contributed by atoms with E-state index in [-0.39, 0.29) is 0 Å². The zero-order valence-electron chi connectivity index (χ0n) is 12.5. The van der Waals surface area contributed by atoms with E-state index >= 15 is 0 Å². The van der Waals surface area contributed by atoms with Crippen molar-refractivity contribution in [1.29, 1.82) is 0 Å². The van der Waals surface area contributed by atoms with Crippen molar-refractivity contribution < 1.29 is 4.74 Å². The Morgan fingerprint density at radius 2 is 2.19 bits per heavy atom. The predicted molar refractivity (Wildman–Crippen MR) is 90.2 cm³/mol. The molecule has 4 heteroatoms. The third-order valence-electron chi connectivity index (χ3n) is 3.69. The molecule has 3 nitrogen and oxygen atoms in total.